The highest BCUT2D eigenvalue weighted by Gasteiger charge is 2.12. The molecule has 1 aromatic heterocycles. The number of para-hydroxylation sites is 1. The summed E-state index contributed by atoms with van der Waals surface area (Å²) in [6.07, 6.45) is 3.83. The number of benzene rings is 3. The molecule has 0 aliphatic carbocycles. The Morgan fingerprint density at radius 1 is 0.520 bits per heavy atom. The Kier molecular flexibility index (Phi) is 4.01. The van der Waals surface area contributed by atoms with Crippen LogP contribution in [-0.4, -0.2) is 4.57 Å². The fourth-order valence-electron chi connectivity index (χ4n) is 2.97. The van der Waals surface area contributed by atoms with Crippen molar-refractivity contribution >= 4 is 0 Å². The van der Waals surface area contributed by atoms with E-state index in [1.807, 2.05) is 108 Å². The smallest absolute Gasteiger partial charge is 0.197 e. The molecule has 1 heterocycles. The van der Waals surface area contributed by atoms with Gasteiger partial charge in [-0.15, -0.1) is 0 Å². The second-order valence-electron chi connectivity index (χ2n) is 5.89. The lowest BCUT2D eigenvalue weighted by Gasteiger charge is -2.13. The van der Waals surface area contributed by atoms with E-state index in [0.717, 1.165) is 16.8 Å². The molecule has 4 aromatic rings. The zero-order valence-electron chi connectivity index (χ0n) is 13.7. The van der Waals surface area contributed by atoms with Gasteiger partial charge in [-0.25, -0.2) is 0 Å². The van der Waals surface area contributed by atoms with Crippen LogP contribution >= 0.6 is 0 Å². The molecule has 120 valence electrons. The van der Waals surface area contributed by atoms with Crippen LogP contribution in [0.1, 0.15) is 0 Å². The van der Waals surface area contributed by atoms with Gasteiger partial charge in [-0.1, -0.05) is 78.9 Å². The average molecular weight is 323 g/mol. The predicted octanol–water partition coefficient (Wildman–Crippen LogP) is 5.17. The Bertz CT molecular complexity index is 972. The molecule has 0 aliphatic rings. The topological polar surface area (TPSA) is 22.0 Å². The maximum absolute atomic E-state index is 13.1. The Balaban J connectivity index is 2.00. The Labute approximate surface area is 146 Å². The lowest BCUT2D eigenvalue weighted by molar-refractivity contribution is 1.04. The third-order valence-electron chi connectivity index (χ3n) is 4.25. The normalized spacial score (nSPS) is 10.6. The summed E-state index contributed by atoms with van der Waals surface area (Å²) in [6, 6.07) is 29.7. The molecule has 4 rings (SSSR count). The summed E-state index contributed by atoms with van der Waals surface area (Å²) in [5, 5.41) is 0. The Morgan fingerprint density at radius 3 is 1.36 bits per heavy atom. The quantitative estimate of drug-likeness (QED) is 0.510. The van der Waals surface area contributed by atoms with E-state index in [4.69, 9.17) is 0 Å². The van der Waals surface area contributed by atoms with E-state index in [2.05, 4.69) is 0 Å². The number of hydrogen-bond donors (Lipinski definition) is 0. The molecule has 25 heavy (non-hydrogen) atoms. The summed E-state index contributed by atoms with van der Waals surface area (Å²) in [5.74, 6) is 0. The highest BCUT2D eigenvalue weighted by molar-refractivity contribution is 5.72. The van der Waals surface area contributed by atoms with Crippen LogP contribution in [0.15, 0.2) is 108 Å². The van der Waals surface area contributed by atoms with Crippen molar-refractivity contribution < 1.29 is 0 Å². The van der Waals surface area contributed by atoms with E-state index < -0.39 is 0 Å². The molecule has 2 nitrogen and oxygen atoms in total. The third-order valence-corrected chi connectivity index (χ3v) is 4.25. The highest BCUT2D eigenvalue weighted by atomic mass is 16.1. The monoisotopic (exact) mass is 323 g/mol. The molecular weight excluding hydrogens is 306 g/mol. The molecule has 0 saturated carbocycles. The van der Waals surface area contributed by atoms with Crippen LogP contribution in [0.5, 0.6) is 0 Å². The molecule has 0 saturated heterocycles. The lowest BCUT2D eigenvalue weighted by Crippen LogP contribution is -2.12. The van der Waals surface area contributed by atoms with E-state index in [1.165, 1.54) is 0 Å². The van der Waals surface area contributed by atoms with Crippen molar-refractivity contribution in [1.82, 2.24) is 4.57 Å². The van der Waals surface area contributed by atoms with Crippen molar-refractivity contribution in [2.24, 2.45) is 0 Å². The molecule has 0 spiro atoms. The first-order valence-electron chi connectivity index (χ1n) is 8.25. The van der Waals surface area contributed by atoms with Crippen molar-refractivity contribution in [3.8, 4) is 27.9 Å². The maximum Gasteiger partial charge on any atom is 0.197 e. The summed E-state index contributed by atoms with van der Waals surface area (Å²) in [6.45, 7) is 0. The molecule has 0 fully saturated rings. The highest BCUT2D eigenvalue weighted by Crippen LogP contribution is 2.23. The zero-order chi connectivity index (χ0) is 17.1. The summed E-state index contributed by atoms with van der Waals surface area (Å²) in [7, 11) is 0. The van der Waals surface area contributed by atoms with Gasteiger partial charge in [0.05, 0.1) is 0 Å². The lowest BCUT2D eigenvalue weighted by atomic mass is 10.0. The Hall–Kier alpha value is -3.39. The molecule has 0 atom stereocenters. The fraction of sp³-hybridized carbons (Fsp3) is 0. The van der Waals surface area contributed by atoms with E-state index in [-0.39, 0.29) is 5.43 Å². The maximum atomic E-state index is 13.1. The van der Waals surface area contributed by atoms with Gasteiger partial charge in [0.25, 0.3) is 0 Å². The minimum absolute atomic E-state index is 0.0459. The van der Waals surface area contributed by atoms with Gasteiger partial charge in [0, 0.05) is 29.2 Å². The van der Waals surface area contributed by atoms with Crippen molar-refractivity contribution in [2.45, 2.75) is 0 Å². The van der Waals surface area contributed by atoms with Crippen LogP contribution in [0, 0.1) is 0 Å². The van der Waals surface area contributed by atoms with E-state index >= 15 is 0 Å². The van der Waals surface area contributed by atoms with Gasteiger partial charge in [-0.05, 0) is 23.3 Å². The standard InChI is InChI=1S/C23H17NO/c25-23-21(18-10-4-1-5-11-18)16-24(20-14-8-3-9-15-20)17-22(23)19-12-6-2-7-13-19/h1-17H. The van der Waals surface area contributed by atoms with Crippen molar-refractivity contribution in [3.63, 3.8) is 0 Å². The number of aromatic nitrogens is 1. The van der Waals surface area contributed by atoms with Crippen LogP contribution in [0.25, 0.3) is 27.9 Å². The minimum atomic E-state index is 0.0459. The van der Waals surface area contributed by atoms with E-state index in [1.54, 1.807) is 0 Å². The number of rotatable bonds is 3. The summed E-state index contributed by atoms with van der Waals surface area (Å²) in [4.78, 5) is 13.1. The van der Waals surface area contributed by atoms with Crippen LogP contribution in [0.2, 0.25) is 0 Å². The van der Waals surface area contributed by atoms with Gasteiger partial charge >= 0.3 is 0 Å². The third kappa shape index (κ3) is 3.02. The molecule has 0 radical (unpaired) electrons. The van der Waals surface area contributed by atoms with Crippen molar-refractivity contribution in [3.05, 3.63) is 114 Å². The molecule has 2 heteroatoms. The zero-order valence-corrected chi connectivity index (χ0v) is 13.7. The van der Waals surface area contributed by atoms with Crippen LogP contribution in [0.3, 0.4) is 0 Å². The second-order valence-corrected chi connectivity index (χ2v) is 5.89. The number of nitrogens with zero attached hydrogens (tertiary/aromatic N) is 1. The van der Waals surface area contributed by atoms with E-state index in [0.29, 0.717) is 11.1 Å². The van der Waals surface area contributed by atoms with Crippen molar-refractivity contribution in [2.75, 3.05) is 0 Å². The summed E-state index contributed by atoms with van der Waals surface area (Å²) >= 11 is 0. The number of hydrogen-bond acceptors (Lipinski definition) is 1. The molecule has 0 N–H and O–H groups in total. The van der Waals surface area contributed by atoms with Gasteiger partial charge in [0.1, 0.15) is 0 Å². The number of pyridine rings is 1. The molecule has 0 bridgehead atoms. The molecule has 0 unspecified atom stereocenters. The van der Waals surface area contributed by atoms with Gasteiger partial charge < -0.3 is 4.57 Å². The van der Waals surface area contributed by atoms with Crippen molar-refractivity contribution in [1.29, 1.82) is 0 Å². The molecule has 0 aliphatic heterocycles. The first kappa shape index (κ1) is 15.2. The van der Waals surface area contributed by atoms with Crippen LogP contribution in [0.4, 0.5) is 0 Å². The summed E-state index contributed by atoms with van der Waals surface area (Å²) in [5.41, 5.74) is 4.32. The SMILES string of the molecule is O=c1c(-c2ccccc2)cn(-c2ccccc2)cc1-c1ccccc1. The summed E-state index contributed by atoms with van der Waals surface area (Å²) < 4.78 is 2.02. The molecular formula is C23H17NO. The fourth-order valence-corrected chi connectivity index (χ4v) is 2.97. The second kappa shape index (κ2) is 6.62. The van der Waals surface area contributed by atoms with Crippen LogP contribution < -0.4 is 5.43 Å². The minimum Gasteiger partial charge on any atom is -0.322 e. The first-order valence-corrected chi connectivity index (χ1v) is 8.25. The predicted molar refractivity (Wildman–Crippen MR) is 103 cm³/mol. The largest absolute Gasteiger partial charge is 0.322 e. The van der Waals surface area contributed by atoms with Gasteiger partial charge in [-0.3, -0.25) is 4.79 Å². The van der Waals surface area contributed by atoms with Gasteiger partial charge in [0.2, 0.25) is 0 Å². The first-order chi connectivity index (χ1) is 12.3. The molecule has 3 aromatic carbocycles. The van der Waals surface area contributed by atoms with Gasteiger partial charge in [0.15, 0.2) is 5.43 Å². The average Bonchev–Trinajstić information content (AvgIpc) is 2.70. The van der Waals surface area contributed by atoms with Gasteiger partial charge in [-0.2, -0.15) is 0 Å². The van der Waals surface area contributed by atoms with E-state index in [9.17, 15) is 4.79 Å². The Morgan fingerprint density at radius 2 is 0.920 bits per heavy atom. The molecule has 0 amide bonds. The van der Waals surface area contributed by atoms with Crippen LogP contribution in [-0.2, 0) is 0 Å².